The maximum atomic E-state index is 13.1. The molecule has 1 saturated heterocycles. The zero-order valence-electron chi connectivity index (χ0n) is 17.3. The normalized spacial score (nSPS) is 16.6. The van der Waals surface area contributed by atoms with Crippen LogP contribution in [0.4, 0.5) is 18.9 Å². The number of aromatic nitrogens is 2. The van der Waals surface area contributed by atoms with E-state index in [2.05, 4.69) is 10.00 Å². The van der Waals surface area contributed by atoms with E-state index in [1.165, 1.54) is 6.92 Å². The first-order chi connectivity index (χ1) is 14.5. The smallest absolute Gasteiger partial charge is 0.436 e. The number of halogens is 5. The number of alkyl halides is 3. The molecule has 3 rings (SSSR count). The molecular formula is C20H23Cl2F3N4O2. The second-order valence-electron chi connectivity index (χ2n) is 7.54. The molecule has 1 fully saturated rings. The van der Waals surface area contributed by atoms with Crippen LogP contribution in [0.15, 0.2) is 18.2 Å². The summed E-state index contributed by atoms with van der Waals surface area (Å²) >= 11 is 12.0. The molecule has 6 nitrogen and oxygen atoms in total. The number of piperazine rings is 1. The van der Waals surface area contributed by atoms with Crippen LogP contribution in [0.3, 0.4) is 0 Å². The molecule has 0 bridgehead atoms. The zero-order chi connectivity index (χ0) is 22.9. The molecule has 0 aliphatic carbocycles. The van der Waals surface area contributed by atoms with Gasteiger partial charge in [0.1, 0.15) is 5.75 Å². The van der Waals surface area contributed by atoms with E-state index in [1.807, 2.05) is 26.0 Å². The second kappa shape index (κ2) is 9.26. The molecule has 0 N–H and O–H groups in total. The van der Waals surface area contributed by atoms with Gasteiger partial charge in [0.05, 0.1) is 21.8 Å². The SMILES string of the molecule is Cc1c(Cl)c(C(F)(F)F)nn1C(C=O)N1CCN(c2ccc(Cl)c(OC(C)C)c2)CC1. The van der Waals surface area contributed by atoms with Crippen molar-refractivity contribution in [1.29, 1.82) is 0 Å². The summed E-state index contributed by atoms with van der Waals surface area (Å²) < 4.78 is 46.2. The first kappa shape index (κ1) is 23.7. The van der Waals surface area contributed by atoms with E-state index in [9.17, 15) is 18.0 Å². The van der Waals surface area contributed by atoms with Crippen molar-refractivity contribution in [2.75, 3.05) is 31.1 Å². The second-order valence-corrected chi connectivity index (χ2v) is 8.33. The van der Waals surface area contributed by atoms with Crippen LogP contribution in [0.1, 0.15) is 31.4 Å². The van der Waals surface area contributed by atoms with Crippen LogP contribution >= 0.6 is 23.2 Å². The highest BCUT2D eigenvalue weighted by Crippen LogP contribution is 2.37. The third-order valence-electron chi connectivity index (χ3n) is 5.05. The Labute approximate surface area is 188 Å². The number of aldehydes is 1. The third kappa shape index (κ3) is 5.10. The predicted octanol–water partition coefficient (Wildman–Crippen LogP) is 4.82. The topological polar surface area (TPSA) is 50.6 Å². The van der Waals surface area contributed by atoms with Crippen LogP contribution in [0.5, 0.6) is 5.75 Å². The molecule has 1 aliphatic heterocycles. The Morgan fingerprint density at radius 2 is 1.81 bits per heavy atom. The molecule has 1 aromatic carbocycles. The number of nitrogens with zero attached hydrogens (tertiary/aromatic N) is 4. The minimum atomic E-state index is -4.69. The van der Waals surface area contributed by atoms with E-state index < -0.39 is 23.1 Å². The van der Waals surface area contributed by atoms with E-state index in [0.29, 0.717) is 43.2 Å². The number of hydrogen-bond acceptors (Lipinski definition) is 5. The Morgan fingerprint density at radius 1 is 1.16 bits per heavy atom. The van der Waals surface area contributed by atoms with Gasteiger partial charge in [-0.15, -0.1) is 0 Å². The number of rotatable bonds is 6. The van der Waals surface area contributed by atoms with E-state index >= 15 is 0 Å². The largest absolute Gasteiger partial charge is 0.489 e. The fourth-order valence-electron chi connectivity index (χ4n) is 3.51. The molecule has 2 heterocycles. The molecule has 170 valence electrons. The zero-order valence-corrected chi connectivity index (χ0v) is 18.8. The first-order valence-corrected chi connectivity index (χ1v) is 10.5. The molecular weight excluding hydrogens is 456 g/mol. The Bertz CT molecular complexity index is 941. The summed E-state index contributed by atoms with van der Waals surface area (Å²) in [4.78, 5) is 15.7. The number of benzene rings is 1. The lowest BCUT2D eigenvalue weighted by Gasteiger charge is -2.38. The van der Waals surface area contributed by atoms with Crippen LogP contribution in [0.2, 0.25) is 10.0 Å². The van der Waals surface area contributed by atoms with Crippen LogP contribution in [-0.4, -0.2) is 53.2 Å². The van der Waals surface area contributed by atoms with Crippen molar-refractivity contribution in [3.8, 4) is 5.75 Å². The summed E-state index contributed by atoms with van der Waals surface area (Å²) in [6, 6.07) is 5.51. The van der Waals surface area contributed by atoms with E-state index in [-0.39, 0.29) is 11.8 Å². The molecule has 0 spiro atoms. The van der Waals surface area contributed by atoms with Gasteiger partial charge in [-0.1, -0.05) is 23.2 Å². The van der Waals surface area contributed by atoms with Gasteiger partial charge in [-0.2, -0.15) is 18.3 Å². The van der Waals surface area contributed by atoms with Crippen molar-refractivity contribution in [2.24, 2.45) is 0 Å². The van der Waals surface area contributed by atoms with Crippen LogP contribution in [0, 0.1) is 6.92 Å². The summed E-state index contributed by atoms with van der Waals surface area (Å²) in [5.74, 6) is 0.587. The van der Waals surface area contributed by atoms with Gasteiger partial charge >= 0.3 is 6.18 Å². The van der Waals surface area contributed by atoms with Gasteiger partial charge < -0.3 is 9.64 Å². The lowest BCUT2D eigenvalue weighted by molar-refractivity contribution is -0.142. The minimum Gasteiger partial charge on any atom is -0.489 e. The van der Waals surface area contributed by atoms with Gasteiger partial charge in [-0.3, -0.25) is 9.69 Å². The molecule has 1 aliphatic rings. The average Bonchev–Trinajstić information content (AvgIpc) is 3.00. The van der Waals surface area contributed by atoms with Gasteiger partial charge in [0.15, 0.2) is 18.1 Å². The van der Waals surface area contributed by atoms with Crippen LogP contribution < -0.4 is 9.64 Å². The number of hydrogen-bond donors (Lipinski definition) is 0. The Balaban J connectivity index is 1.75. The van der Waals surface area contributed by atoms with Gasteiger partial charge in [0.25, 0.3) is 0 Å². The average molecular weight is 479 g/mol. The fraction of sp³-hybridized carbons (Fsp3) is 0.500. The van der Waals surface area contributed by atoms with Crippen molar-refractivity contribution >= 4 is 35.2 Å². The molecule has 31 heavy (non-hydrogen) atoms. The number of carbonyl (C=O) groups is 1. The maximum absolute atomic E-state index is 13.1. The number of ether oxygens (including phenoxy) is 1. The highest BCUT2D eigenvalue weighted by molar-refractivity contribution is 6.32. The first-order valence-electron chi connectivity index (χ1n) is 9.75. The molecule has 0 amide bonds. The third-order valence-corrected chi connectivity index (χ3v) is 5.81. The molecule has 1 atom stereocenters. The summed E-state index contributed by atoms with van der Waals surface area (Å²) in [5.41, 5.74) is -0.169. The minimum absolute atomic E-state index is 0.0244. The standard InChI is InChI=1S/C20H23Cl2F3N4O2/c1-12(2)31-16-10-14(4-5-15(16)21)27-6-8-28(9-7-27)17(11-30)29-13(3)18(22)19(26-29)20(23,24)25/h4-5,10-12,17H,6-9H2,1-3H3. The monoisotopic (exact) mass is 478 g/mol. The van der Waals surface area contributed by atoms with Crippen molar-refractivity contribution in [2.45, 2.75) is 39.2 Å². The molecule has 1 unspecified atom stereocenters. The molecule has 0 saturated carbocycles. The van der Waals surface area contributed by atoms with Gasteiger partial charge in [0.2, 0.25) is 0 Å². The van der Waals surface area contributed by atoms with Crippen molar-refractivity contribution in [1.82, 2.24) is 14.7 Å². The van der Waals surface area contributed by atoms with E-state index in [1.54, 1.807) is 11.0 Å². The van der Waals surface area contributed by atoms with Gasteiger partial charge in [-0.25, -0.2) is 4.68 Å². The Kier molecular flexibility index (Phi) is 7.08. The number of anilines is 1. The number of carbonyl (C=O) groups excluding carboxylic acids is 1. The summed E-state index contributed by atoms with van der Waals surface area (Å²) in [7, 11) is 0. The van der Waals surface area contributed by atoms with Gasteiger partial charge in [0, 0.05) is 37.9 Å². The van der Waals surface area contributed by atoms with E-state index in [4.69, 9.17) is 27.9 Å². The van der Waals surface area contributed by atoms with Crippen LogP contribution in [0.25, 0.3) is 0 Å². The summed E-state index contributed by atoms with van der Waals surface area (Å²) in [5, 5.41) is 3.62. The highest BCUT2D eigenvalue weighted by atomic mass is 35.5. The highest BCUT2D eigenvalue weighted by Gasteiger charge is 2.39. The van der Waals surface area contributed by atoms with Crippen molar-refractivity contribution < 1.29 is 22.7 Å². The quantitative estimate of drug-likeness (QED) is 0.556. The van der Waals surface area contributed by atoms with Crippen LogP contribution in [-0.2, 0) is 11.0 Å². The van der Waals surface area contributed by atoms with E-state index in [0.717, 1.165) is 10.4 Å². The molecule has 1 aromatic heterocycles. The molecule has 0 radical (unpaired) electrons. The summed E-state index contributed by atoms with van der Waals surface area (Å²) in [6.07, 6.45) is -5.10. The lowest BCUT2D eigenvalue weighted by atomic mass is 10.2. The molecule has 2 aromatic rings. The Morgan fingerprint density at radius 3 is 2.32 bits per heavy atom. The summed E-state index contributed by atoms with van der Waals surface area (Å²) in [6.45, 7) is 7.27. The Hall–Kier alpha value is -1.97. The predicted molar refractivity (Wildman–Crippen MR) is 113 cm³/mol. The lowest BCUT2D eigenvalue weighted by Crippen LogP contribution is -2.49. The maximum Gasteiger partial charge on any atom is 0.436 e. The van der Waals surface area contributed by atoms with Crippen molar-refractivity contribution in [3.63, 3.8) is 0 Å². The van der Waals surface area contributed by atoms with Crippen molar-refractivity contribution in [3.05, 3.63) is 39.6 Å². The molecule has 11 heteroatoms. The van der Waals surface area contributed by atoms with Gasteiger partial charge in [-0.05, 0) is 32.9 Å². The fourth-order valence-corrected chi connectivity index (χ4v) is 3.91.